The molecule has 1 aromatic carbocycles. The highest BCUT2D eigenvalue weighted by Gasteiger charge is 2.28. The molecule has 7 nitrogen and oxygen atoms in total. The van der Waals surface area contributed by atoms with Gasteiger partial charge >= 0.3 is 0 Å². The van der Waals surface area contributed by atoms with Crippen LogP contribution in [0, 0.1) is 0 Å². The van der Waals surface area contributed by atoms with Crippen molar-refractivity contribution in [1.82, 2.24) is 25.0 Å². The van der Waals surface area contributed by atoms with Crippen molar-refractivity contribution in [2.24, 2.45) is 0 Å². The summed E-state index contributed by atoms with van der Waals surface area (Å²) >= 11 is 0. The third-order valence-electron chi connectivity index (χ3n) is 4.24. The van der Waals surface area contributed by atoms with Gasteiger partial charge in [-0.3, -0.25) is 14.2 Å². The van der Waals surface area contributed by atoms with Crippen molar-refractivity contribution in [2.75, 3.05) is 19.6 Å². The van der Waals surface area contributed by atoms with E-state index in [1.54, 1.807) is 11.2 Å². The lowest BCUT2D eigenvalue weighted by atomic mass is 9.97. The van der Waals surface area contributed by atoms with E-state index >= 15 is 0 Å². The zero-order valence-electron chi connectivity index (χ0n) is 13.7. The molecule has 7 heteroatoms. The summed E-state index contributed by atoms with van der Waals surface area (Å²) in [6, 6.07) is 9.94. The van der Waals surface area contributed by atoms with Gasteiger partial charge in [-0.25, -0.2) is 0 Å². The van der Waals surface area contributed by atoms with Crippen LogP contribution in [-0.2, 0) is 9.59 Å². The van der Waals surface area contributed by atoms with Gasteiger partial charge in [0.15, 0.2) is 0 Å². The fourth-order valence-electron chi connectivity index (χ4n) is 3.04. The maximum Gasteiger partial charge on any atom is 0.241 e. The van der Waals surface area contributed by atoms with Crippen molar-refractivity contribution >= 4 is 11.8 Å². The summed E-state index contributed by atoms with van der Waals surface area (Å²) in [5.74, 6) is 0.766. The minimum Gasteiger partial charge on any atom is -0.347 e. The van der Waals surface area contributed by atoms with Crippen LogP contribution in [0.25, 0.3) is 5.69 Å². The molecule has 1 fully saturated rings. The third-order valence-corrected chi connectivity index (χ3v) is 4.24. The molecule has 0 aliphatic carbocycles. The number of piperidine rings is 1. The van der Waals surface area contributed by atoms with Gasteiger partial charge in [-0.15, -0.1) is 10.2 Å². The van der Waals surface area contributed by atoms with Crippen molar-refractivity contribution in [3.8, 4) is 5.69 Å². The van der Waals surface area contributed by atoms with E-state index in [-0.39, 0.29) is 24.3 Å². The van der Waals surface area contributed by atoms with Crippen LogP contribution in [0.4, 0.5) is 0 Å². The maximum absolute atomic E-state index is 12.2. The van der Waals surface area contributed by atoms with Crippen molar-refractivity contribution in [3.05, 3.63) is 42.5 Å². The molecule has 1 saturated heterocycles. The molecule has 0 saturated carbocycles. The highest BCUT2D eigenvalue weighted by atomic mass is 16.2. The Morgan fingerprint density at radius 2 is 2.08 bits per heavy atom. The van der Waals surface area contributed by atoms with Crippen molar-refractivity contribution in [3.63, 3.8) is 0 Å². The van der Waals surface area contributed by atoms with Crippen LogP contribution in [-0.4, -0.2) is 51.1 Å². The zero-order valence-corrected chi connectivity index (χ0v) is 13.7. The Bertz CT molecular complexity index is 713. The standard InChI is InChI=1S/C17H21N5O2/c1-13(23)18-10-16(24)21-9-5-6-14(11-21)17-20-19-12-22(17)15-7-3-2-4-8-15/h2-4,7-8,12,14H,5-6,9-11H2,1H3,(H,18,23)/t14-/m1/s1. The molecular formula is C17H21N5O2. The topological polar surface area (TPSA) is 80.1 Å². The number of nitrogens with zero attached hydrogens (tertiary/aromatic N) is 4. The zero-order chi connectivity index (χ0) is 16.9. The van der Waals surface area contributed by atoms with Crippen LogP contribution >= 0.6 is 0 Å². The Balaban J connectivity index is 1.73. The van der Waals surface area contributed by atoms with Crippen LogP contribution in [0.5, 0.6) is 0 Å². The van der Waals surface area contributed by atoms with Crippen molar-refractivity contribution < 1.29 is 9.59 Å². The van der Waals surface area contributed by atoms with E-state index < -0.39 is 0 Å². The number of nitrogens with one attached hydrogen (secondary N) is 1. The number of carbonyl (C=O) groups excluding carboxylic acids is 2. The Labute approximate surface area is 140 Å². The first-order valence-electron chi connectivity index (χ1n) is 8.12. The number of likely N-dealkylation sites (tertiary alicyclic amines) is 1. The second kappa shape index (κ2) is 7.25. The average Bonchev–Trinajstić information content (AvgIpc) is 3.10. The number of benzene rings is 1. The largest absolute Gasteiger partial charge is 0.347 e. The maximum atomic E-state index is 12.2. The quantitative estimate of drug-likeness (QED) is 0.912. The lowest BCUT2D eigenvalue weighted by Crippen LogP contribution is -2.44. The molecule has 2 heterocycles. The molecule has 1 atom stereocenters. The molecule has 2 amide bonds. The Kier molecular flexibility index (Phi) is 4.88. The van der Waals surface area contributed by atoms with Crippen LogP contribution in [0.15, 0.2) is 36.7 Å². The number of carbonyl (C=O) groups is 2. The summed E-state index contributed by atoms with van der Waals surface area (Å²) in [5.41, 5.74) is 1.01. The summed E-state index contributed by atoms with van der Waals surface area (Å²) in [5, 5.41) is 10.9. The molecule has 2 aromatic rings. The number of hydrogen-bond donors (Lipinski definition) is 1. The van der Waals surface area contributed by atoms with Gasteiger partial charge in [0.05, 0.1) is 6.54 Å². The molecule has 126 valence electrons. The van der Waals surface area contributed by atoms with E-state index in [2.05, 4.69) is 15.5 Å². The van der Waals surface area contributed by atoms with Gasteiger partial charge in [0.25, 0.3) is 0 Å². The first kappa shape index (κ1) is 16.2. The van der Waals surface area contributed by atoms with Gasteiger partial charge in [0.1, 0.15) is 12.2 Å². The van der Waals surface area contributed by atoms with Crippen LogP contribution in [0.3, 0.4) is 0 Å². The molecular weight excluding hydrogens is 306 g/mol. The van der Waals surface area contributed by atoms with Gasteiger partial charge < -0.3 is 10.2 Å². The van der Waals surface area contributed by atoms with E-state index in [1.807, 2.05) is 34.9 Å². The average molecular weight is 327 g/mol. The molecule has 0 bridgehead atoms. The van der Waals surface area contributed by atoms with Gasteiger partial charge in [-0.2, -0.15) is 0 Å². The fourth-order valence-corrected chi connectivity index (χ4v) is 3.04. The van der Waals surface area contributed by atoms with E-state index in [0.29, 0.717) is 13.1 Å². The molecule has 0 radical (unpaired) electrons. The molecule has 24 heavy (non-hydrogen) atoms. The summed E-state index contributed by atoms with van der Waals surface area (Å²) < 4.78 is 1.98. The van der Waals surface area contributed by atoms with Crippen LogP contribution in [0.2, 0.25) is 0 Å². The number of hydrogen-bond acceptors (Lipinski definition) is 4. The molecule has 1 aliphatic rings. The molecule has 1 aromatic heterocycles. The van der Waals surface area contributed by atoms with E-state index in [4.69, 9.17) is 0 Å². The van der Waals surface area contributed by atoms with Crippen LogP contribution < -0.4 is 5.32 Å². The molecule has 1 N–H and O–H groups in total. The van der Waals surface area contributed by atoms with Gasteiger partial charge in [0.2, 0.25) is 11.8 Å². The van der Waals surface area contributed by atoms with Gasteiger partial charge in [-0.05, 0) is 25.0 Å². The predicted octanol–water partition coefficient (Wildman–Crippen LogP) is 1.11. The summed E-state index contributed by atoms with van der Waals surface area (Å²) in [6.45, 7) is 2.78. The van der Waals surface area contributed by atoms with Crippen molar-refractivity contribution in [1.29, 1.82) is 0 Å². The Morgan fingerprint density at radius 3 is 2.83 bits per heavy atom. The summed E-state index contributed by atoms with van der Waals surface area (Å²) in [4.78, 5) is 25.0. The van der Waals surface area contributed by atoms with E-state index in [0.717, 1.165) is 24.4 Å². The minimum atomic E-state index is -0.194. The number of amides is 2. The Morgan fingerprint density at radius 1 is 1.29 bits per heavy atom. The van der Waals surface area contributed by atoms with Crippen LogP contribution in [0.1, 0.15) is 31.5 Å². The first-order valence-corrected chi connectivity index (χ1v) is 8.12. The molecule has 1 aliphatic heterocycles. The lowest BCUT2D eigenvalue weighted by molar-refractivity contribution is -0.133. The fraction of sp³-hybridized carbons (Fsp3) is 0.412. The highest BCUT2D eigenvalue weighted by molar-refractivity contribution is 5.83. The molecule has 0 spiro atoms. The van der Waals surface area contributed by atoms with E-state index in [9.17, 15) is 9.59 Å². The monoisotopic (exact) mass is 327 g/mol. The molecule has 0 unspecified atom stereocenters. The normalized spacial score (nSPS) is 17.5. The predicted molar refractivity (Wildman–Crippen MR) is 88.6 cm³/mol. The second-order valence-electron chi connectivity index (χ2n) is 5.98. The minimum absolute atomic E-state index is 0.0490. The van der Waals surface area contributed by atoms with E-state index in [1.165, 1.54) is 6.92 Å². The number of aromatic nitrogens is 3. The lowest BCUT2D eigenvalue weighted by Gasteiger charge is -2.32. The van der Waals surface area contributed by atoms with Gasteiger partial charge in [-0.1, -0.05) is 18.2 Å². The molecule has 3 rings (SSSR count). The third kappa shape index (κ3) is 3.61. The SMILES string of the molecule is CC(=O)NCC(=O)N1CCC[C@@H](c2nncn2-c2ccccc2)C1. The number of para-hydroxylation sites is 1. The van der Waals surface area contributed by atoms with Crippen molar-refractivity contribution in [2.45, 2.75) is 25.7 Å². The summed E-state index contributed by atoms with van der Waals surface area (Å²) in [6.07, 6.45) is 3.59. The number of rotatable bonds is 4. The highest BCUT2D eigenvalue weighted by Crippen LogP contribution is 2.27. The smallest absolute Gasteiger partial charge is 0.241 e. The second-order valence-corrected chi connectivity index (χ2v) is 5.98. The first-order chi connectivity index (χ1) is 11.6. The van der Waals surface area contributed by atoms with Gasteiger partial charge in [0, 0.05) is 31.6 Å². The Hall–Kier alpha value is -2.70. The summed E-state index contributed by atoms with van der Waals surface area (Å²) in [7, 11) is 0.